The summed E-state index contributed by atoms with van der Waals surface area (Å²) < 4.78 is 5.70. The Balaban J connectivity index is 1.73. The summed E-state index contributed by atoms with van der Waals surface area (Å²) >= 11 is 0. The van der Waals surface area contributed by atoms with Crippen molar-refractivity contribution in [2.24, 2.45) is 0 Å². The first-order chi connectivity index (χ1) is 16.6. The minimum Gasteiger partial charge on any atom is -0.491 e. The van der Waals surface area contributed by atoms with Gasteiger partial charge in [-0.3, -0.25) is 4.79 Å². The monoisotopic (exact) mass is 463 g/mol. The van der Waals surface area contributed by atoms with Gasteiger partial charge in [0.2, 0.25) is 5.75 Å². The number of nitrogens with zero attached hydrogens (tertiary/aromatic N) is 2. The fourth-order valence-electron chi connectivity index (χ4n) is 5.00. The summed E-state index contributed by atoms with van der Waals surface area (Å²) in [6, 6.07) is 14.8. The van der Waals surface area contributed by atoms with Crippen molar-refractivity contribution < 1.29 is 19.7 Å². The fourth-order valence-corrected chi connectivity index (χ4v) is 5.00. The number of unbranched alkanes of at least 4 members (excludes halogenated alkanes) is 1. The van der Waals surface area contributed by atoms with Crippen molar-refractivity contribution >= 4 is 16.7 Å². The molecular formula is C27H33N3O4. The number of benzene rings is 2. The smallest absolute Gasteiger partial charge is 0.274 e. The van der Waals surface area contributed by atoms with Crippen LogP contribution in [0.15, 0.2) is 42.5 Å². The highest BCUT2D eigenvalue weighted by molar-refractivity contribution is 5.95. The average Bonchev–Trinajstić information content (AvgIpc) is 3.32. The third kappa shape index (κ3) is 4.99. The van der Waals surface area contributed by atoms with Crippen molar-refractivity contribution in [3.8, 4) is 11.6 Å². The Kier molecular flexibility index (Phi) is 7.63. The van der Waals surface area contributed by atoms with Gasteiger partial charge in [-0.15, -0.1) is 0 Å². The molecule has 0 spiro atoms. The molecule has 2 aromatic carbocycles. The molecule has 3 aromatic rings. The van der Waals surface area contributed by atoms with Gasteiger partial charge in [-0.1, -0.05) is 68.7 Å². The van der Waals surface area contributed by atoms with Gasteiger partial charge >= 0.3 is 0 Å². The summed E-state index contributed by atoms with van der Waals surface area (Å²) in [6.45, 7) is 2.29. The highest BCUT2D eigenvalue weighted by Crippen LogP contribution is 2.46. The van der Waals surface area contributed by atoms with E-state index in [0.29, 0.717) is 18.9 Å². The second kappa shape index (κ2) is 10.8. The van der Waals surface area contributed by atoms with Gasteiger partial charge in [-0.2, -0.15) is 4.98 Å². The molecule has 1 saturated carbocycles. The minimum absolute atomic E-state index is 0.00160. The first kappa shape index (κ1) is 24.0. The lowest BCUT2D eigenvalue weighted by molar-refractivity contribution is 0.0933. The van der Waals surface area contributed by atoms with Crippen molar-refractivity contribution in [3.05, 3.63) is 59.5 Å². The third-order valence-electron chi connectivity index (χ3n) is 6.67. The zero-order valence-corrected chi connectivity index (χ0v) is 19.7. The van der Waals surface area contributed by atoms with E-state index in [1.54, 1.807) is 0 Å². The number of aliphatic hydroxyl groups excluding tert-OH is 1. The molecule has 4 rings (SSSR count). The Morgan fingerprint density at radius 3 is 2.65 bits per heavy atom. The Morgan fingerprint density at radius 2 is 1.88 bits per heavy atom. The van der Waals surface area contributed by atoms with Gasteiger partial charge in [0.1, 0.15) is 5.82 Å². The molecular weight excluding hydrogens is 430 g/mol. The average molecular weight is 464 g/mol. The van der Waals surface area contributed by atoms with Crippen LogP contribution in [0.5, 0.6) is 11.6 Å². The van der Waals surface area contributed by atoms with Crippen LogP contribution in [0.2, 0.25) is 0 Å². The fraction of sp³-hybridized carbons (Fsp3) is 0.444. The van der Waals surface area contributed by atoms with E-state index in [9.17, 15) is 9.90 Å². The maximum atomic E-state index is 12.8. The van der Waals surface area contributed by atoms with Gasteiger partial charge in [0.05, 0.1) is 13.2 Å². The van der Waals surface area contributed by atoms with Gasteiger partial charge in [0.15, 0.2) is 5.69 Å². The number of aromatic nitrogens is 2. The zero-order valence-electron chi connectivity index (χ0n) is 19.7. The van der Waals surface area contributed by atoms with E-state index in [-0.39, 0.29) is 35.9 Å². The molecule has 7 heteroatoms. The van der Waals surface area contributed by atoms with Crippen molar-refractivity contribution in [3.63, 3.8) is 0 Å². The van der Waals surface area contributed by atoms with Gasteiger partial charge < -0.3 is 20.3 Å². The molecule has 180 valence electrons. The number of carbonyl (C=O) groups excluding carboxylic acids is 1. The predicted octanol–water partition coefficient (Wildman–Crippen LogP) is 4.29. The third-order valence-corrected chi connectivity index (χ3v) is 6.67. The van der Waals surface area contributed by atoms with Crippen LogP contribution in [0, 0.1) is 0 Å². The Labute approximate surface area is 200 Å². The Bertz CT molecular complexity index is 1140. The molecule has 0 bridgehead atoms. The number of nitrogens with one attached hydrogen (secondary N) is 1. The largest absolute Gasteiger partial charge is 0.491 e. The molecule has 1 aliphatic rings. The van der Waals surface area contributed by atoms with Gasteiger partial charge in [-0.25, -0.2) is 4.98 Å². The molecule has 1 heterocycles. The predicted molar refractivity (Wildman–Crippen MR) is 131 cm³/mol. The van der Waals surface area contributed by atoms with E-state index >= 15 is 0 Å². The first-order valence-corrected chi connectivity index (χ1v) is 12.2. The number of rotatable bonds is 10. The van der Waals surface area contributed by atoms with Crippen molar-refractivity contribution in [2.75, 3.05) is 19.8 Å². The van der Waals surface area contributed by atoms with E-state index in [2.05, 4.69) is 51.7 Å². The van der Waals surface area contributed by atoms with Crippen LogP contribution in [-0.4, -0.2) is 45.8 Å². The standard InChI is InChI=1S/C27H33N3O4/c1-2-3-17-34-24-23(25(32)28-15-16-31)29-22(30-26(24)33)18-27(13-6-7-14-27)21-12-8-10-19-9-4-5-11-20(19)21/h4-5,8-12,31H,2-3,6-7,13-18H2,1H3,(H,28,32)(H,29,30,33). The molecule has 0 radical (unpaired) electrons. The van der Waals surface area contributed by atoms with E-state index in [4.69, 9.17) is 9.84 Å². The van der Waals surface area contributed by atoms with Crippen LogP contribution in [-0.2, 0) is 11.8 Å². The lowest BCUT2D eigenvalue weighted by Gasteiger charge is -2.30. The minimum atomic E-state index is -0.495. The van der Waals surface area contributed by atoms with Crippen LogP contribution >= 0.6 is 0 Å². The lowest BCUT2D eigenvalue weighted by Crippen LogP contribution is -2.30. The molecule has 0 atom stereocenters. The Hall–Kier alpha value is -3.19. The maximum absolute atomic E-state index is 12.8. The second-order valence-electron chi connectivity index (χ2n) is 9.01. The molecule has 1 amide bonds. The molecule has 1 aliphatic carbocycles. The number of hydrogen-bond acceptors (Lipinski definition) is 6. The van der Waals surface area contributed by atoms with Crippen LogP contribution in [0.4, 0.5) is 0 Å². The molecule has 3 N–H and O–H groups in total. The Morgan fingerprint density at radius 1 is 1.12 bits per heavy atom. The van der Waals surface area contributed by atoms with Crippen molar-refractivity contribution in [1.82, 2.24) is 15.3 Å². The highest BCUT2D eigenvalue weighted by Gasteiger charge is 2.38. The van der Waals surface area contributed by atoms with E-state index in [1.165, 1.54) is 16.3 Å². The maximum Gasteiger partial charge on any atom is 0.274 e. The van der Waals surface area contributed by atoms with Crippen LogP contribution in [0.25, 0.3) is 10.8 Å². The molecule has 7 nitrogen and oxygen atoms in total. The number of carbonyl (C=O) groups is 1. The van der Waals surface area contributed by atoms with E-state index in [1.807, 2.05) is 13.0 Å². The summed E-state index contributed by atoms with van der Waals surface area (Å²) in [7, 11) is 0. The number of amides is 1. The summed E-state index contributed by atoms with van der Waals surface area (Å²) in [4.78, 5) is 21.8. The second-order valence-corrected chi connectivity index (χ2v) is 9.01. The SMILES string of the molecule is CCCCOc1c(O)nc(CC2(c3cccc4ccccc34)CCCC2)nc1C(=O)NCCO. The molecule has 0 unspecified atom stereocenters. The number of aliphatic hydroxyl groups is 1. The normalized spacial score (nSPS) is 14.9. The van der Waals surface area contributed by atoms with E-state index < -0.39 is 5.91 Å². The van der Waals surface area contributed by atoms with Gasteiger partial charge in [0, 0.05) is 18.4 Å². The van der Waals surface area contributed by atoms with Gasteiger partial charge in [-0.05, 0) is 35.6 Å². The van der Waals surface area contributed by atoms with Crippen LogP contribution in [0.3, 0.4) is 0 Å². The number of aromatic hydroxyl groups is 1. The zero-order chi connectivity index (χ0) is 24.0. The topological polar surface area (TPSA) is 105 Å². The summed E-state index contributed by atoms with van der Waals surface area (Å²) in [6.07, 6.45) is 6.42. The van der Waals surface area contributed by atoms with Crippen molar-refractivity contribution in [2.45, 2.75) is 57.3 Å². The van der Waals surface area contributed by atoms with Crippen LogP contribution < -0.4 is 10.1 Å². The molecule has 1 aromatic heterocycles. The summed E-state index contributed by atoms with van der Waals surface area (Å²) in [5, 5.41) is 24.9. The quantitative estimate of drug-likeness (QED) is 0.388. The number of hydrogen-bond donors (Lipinski definition) is 3. The first-order valence-electron chi connectivity index (χ1n) is 12.2. The number of fused-ring (bicyclic) bond motifs is 1. The summed E-state index contributed by atoms with van der Waals surface area (Å²) in [5.41, 5.74) is 1.11. The lowest BCUT2D eigenvalue weighted by atomic mass is 9.74. The van der Waals surface area contributed by atoms with E-state index in [0.717, 1.165) is 38.5 Å². The summed E-state index contributed by atoms with van der Waals surface area (Å²) in [5.74, 6) is -0.394. The molecule has 0 saturated heterocycles. The van der Waals surface area contributed by atoms with Gasteiger partial charge in [0.25, 0.3) is 11.8 Å². The molecule has 1 fully saturated rings. The molecule has 34 heavy (non-hydrogen) atoms. The highest BCUT2D eigenvalue weighted by atomic mass is 16.5. The number of ether oxygens (including phenoxy) is 1. The molecule has 0 aliphatic heterocycles. The van der Waals surface area contributed by atoms with Crippen molar-refractivity contribution in [1.29, 1.82) is 0 Å². The van der Waals surface area contributed by atoms with Crippen LogP contribution in [0.1, 0.15) is 67.3 Å².